The van der Waals surface area contributed by atoms with Crippen molar-refractivity contribution in [2.24, 2.45) is 5.41 Å². The minimum atomic E-state index is 0.0757. The maximum absolute atomic E-state index is 6.20. The van der Waals surface area contributed by atoms with Crippen LogP contribution in [0.4, 0.5) is 0 Å². The lowest BCUT2D eigenvalue weighted by Gasteiger charge is -2.50. The molecule has 0 aromatic heterocycles. The quantitative estimate of drug-likeness (QED) is 0.842. The molecule has 0 aliphatic carbocycles. The van der Waals surface area contributed by atoms with Crippen LogP contribution in [0.5, 0.6) is 0 Å². The number of ether oxygens (including phenoxy) is 1. The average Bonchev–Trinajstić information content (AvgIpc) is 2.59. The van der Waals surface area contributed by atoms with Gasteiger partial charge in [0, 0.05) is 31.2 Å². The lowest BCUT2D eigenvalue weighted by molar-refractivity contribution is -0.0545. The first-order chi connectivity index (χ1) is 9.00. The van der Waals surface area contributed by atoms with E-state index in [2.05, 4.69) is 58.7 Å². The van der Waals surface area contributed by atoms with E-state index in [1.54, 1.807) is 0 Å². The summed E-state index contributed by atoms with van der Waals surface area (Å²) < 4.78 is 6.20. The van der Waals surface area contributed by atoms with E-state index < -0.39 is 0 Å². The molecule has 2 saturated heterocycles. The summed E-state index contributed by atoms with van der Waals surface area (Å²) in [6.07, 6.45) is 2.79. The van der Waals surface area contributed by atoms with Crippen molar-refractivity contribution in [1.29, 1.82) is 0 Å². The number of nitrogens with zero attached hydrogens (tertiary/aromatic N) is 1. The van der Waals surface area contributed by atoms with Gasteiger partial charge in [-0.15, -0.1) is 0 Å². The van der Waals surface area contributed by atoms with Gasteiger partial charge in [-0.3, -0.25) is 4.90 Å². The predicted molar refractivity (Wildman–Crippen MR) is 85.1 cm³/mol. The summed E-state index contributed by atoms with van der Waals surface area (Å²) in [6.45, 7) is 19.4. The number of piperazine rings is 1. The van der Waals surface area contributed by atoms with E-state index in [0.29, 0.717) is 17.6 Å². The monoisotopic (exact) mass is 282 g/mol. The van der Waals surface area contributed by atoms with Gasteiger partial charge in [-0.05, 0) is 46.0 Å². The molecule has 0 saturated carbocycles. The summed E-state index contributed by atoms with van der Waals surface area (Å²) in [4.78, 5) is 2.64. The zero-order valence-corrected chi connectivity index (χ0v) is 14.5. The van der Waals surface area contributed by atoms with Crippen molar-refractivity contribution in [2.45, 2.75) is 84.6 Å². The van der Waals surface area contributed by atoms with Crippen LogP contribution in [-0.4, -0.2) is 47.8 Å². The number of rotatable bonds is 2. The second-order valence-electron chi connectivity index (χ2n) is 9.06. The smallest absolute Gasteiger partial charge is 0.0710 e. The Morgan fingerprint density at radius 1 is 1.20 bits per heavy atom. The zero-order valence-electron chi connectivity index (χ0n) is 14.5. The van der Waals surface area contributed by atoms with Gasteiger partial charge >= 0.3 is 0 Å². The third-order valence-corrected chi connectivity index (χ3v) is 5.06. The van der Waals surface area contributed by atoms with Gasteiger partial charge in [0.25, 0.3) is 0 Å². The molecular formula is C17H34N2O. The van der Waals surface area contributed by atoms with Crippen LogP contribution >= 0.6 is 0 Å². The Morgan fingerprint density at radius 2 is 1.85 bits per heavy atom. The first kappa shape index (κ1) is 16.3. The highest BCUT2D eigenvalue weighted by Crippen LogP contribution is 2.33. The summed E-state index contributed by atoms with van der Waals surface area (Å²) in [6, 6.07) is 0.560. The predicted octanol–water partition coefficient (Wildman–Crippen LogP) is 3.04. The summed E-state index contributed by atoms with van der Waals surface area (Å²) >= 11 is 0. The standard InChI is InChI=1S/C17H34N2O/c1-15(2,3)14-11-19(16(4,5)12-18-14)10-13-8-9-17(6,7)20-13/h13-14,18H,8-12H2,1-7H3. The summed E-state index contributed by atoms with van der Waals surface area (Å²) in [5, 5.41) is 3.74. The first-order valence-corrected chi connectivity index (χ1v) is 8.16. The van der Waals surface area contributed by atoms with Crippen molar-refractivity contribution in [3.63, 3.8) is 0 Å². The summed E-state index contributed by atoms with van der Waals surface area (Å²) in [7, 11) is 0. The largest absolute Gasteiger partial charge is 0.371 e. The Hall–Kier alpha value is -0.120. The number of hydrogen-bond acceptors (Lipinski definition) is 3. The minimum Gasteiger partial charge on any atom is -0.371 e. The zero-order chi connectivity index (χ0) is 15.2. The Balaban J connectivity index is 2.00. The third kappa shape index (κ3) is 3.75. The van der Waals surface area contributed by atoms with Gasteiger partial charge in [-0.25, -0.2) is 0 Å². The molecule has 3 nitrogen and oxygen atoms in total. The Kier molecular flexibility index (Phi) is 4.27. The van der Waals surface area contributed by atoms with Gasteiger partial charge in [-0.1, -0.05) is 20.8 Å². The molecule has 20 heavy (non-hydrogen) atoms. The molecule has 0 amide bonds. The van der Waals surface area contributed by atoms with Gasteiger partial charge in [0.05, 0.1) is 11.7 Å². The lowest BCUT2D eigenvalue weighted by Crippen LogP contribution is -2.65. The van der Waals surface area contributed by atoms with Crippen LogP contribution in [0.25, 0.3) is 0 Å². The van der Waals surface area contributed by atoms with Crippen LogP contribution in [-0.2, 0) is 4.74 Å². The molecule has 118 valence electrons. The number of hydrogen-bond donors (Lipinski definition) is 1. The molecule has 2 unspecified atom stereocenters. The molecule has 0 aromatic rings. The van der Waals surface area contributed by atoms with E-state index in [9.17, 15) is 0 Å². The van der Waals surface area contributed by atoms with Crippen molar-refractivity contribution < 1.29 is 4.74 Å². The Morgan fingerprint density at radius 3 is 2.35 bits per heavy atom. The second-order valence-corrected chi connectivity index (χ2v) is 9.06. The van der Waals surface area contributed by atoms with Crippen LogP contribution in [0.15, 0.2) is 0 Å². The fraction of sp³-hybridized carbons (Fsp3) is 1.00. The van der Waals surface area contributed by atoms with E-state index in [-0.39, 0.29) is 11.1 Å². The van der Waals surface area contributed by atoms with E-state index in [1.165, 1.54) is 12.8 Å². The molecule has 1 N–H and O–H groups in total. The molecule has 2 aliphatic rings. The van der Waals surface area contributed by atoms with Crippen LogP contribution in [0.1, 0.15) is 61.3 Å². The van der Waals surface area contributed by atoms with Crippen LogP contribution in [0.2, 0.25) is 0 Å². The SMILES string of the molecule is CC1(C)CCC(CN2CC(C(C)(C)C)NCC2(C)C)O1. The first-order valence-electron chi connectivity index (χ1n) is 8.16. The molecule has 2 atom stereocenters. The molecule has 2 heterocycles. The van der Waals surface area contributed by atoms with E-state index in [0.717, 1.165) is 19.6 Å². The van der Waals surface area contributed by atoms with Crippen molar-refractivity contribution >= 4 is 0 Å². The van der Waals surface area contributed by atoms with Crippen LogP contribution in [0, 0.1) is 5.41 Å². The second kappa shape index (κ2) is 5.26. The van der Waals surface area contributed by atoms with E-state index in [4.69, 9.17) is 4.74 Å². The molecule has 2 aliphatic heterocycles. The van der Waals surface area contributed by atoms with Crippen molar-refractivity contribution in [2.75, 3.05) is 19.6 Å². The van der Waals surface area contributed by atoms with Gasteiger partial charge in [0.15, 0.2) is 0 Å². The molecule has 0 spiro atoms. The minimum absolute atomic E-state index is 0.0757. The fourth-order valence-corrected chi connectivity index (χ4v) is 3.37. The maximum atomic E-state index is 6.20. The summed E-state index contributed by atoms with van der Waals surface area (Å²) in [5.41, 5.74) is 0.606. The van der Waals surface area contributed by atoms with Gasteiger partial charge in [0.2, 0.25) is 0 Å². The lowest BCUT2D eigenvalue weighted by atomic mass is 9.82. The summed E-state index contributed by atoms with van der Waals surface area (Å²) in [5.74, 6) is 0. The van der Waals surface area contributed by atoms with E-state index >= 15 is 0 Å². The van der Waals surface area contributed by atoms with Crippen molar-refractivity contribution in [3.8, 4) is 0 Å². The van der Waals surface area contributed by atoms with Gasteiger partial charge in [0.1, 0.15) is 0 Å². The van der Waals surface area contributed by atoms with Crippen LogP contribution < -0.4 is 5.32 Å². The van der Waals surface area contributed by atoms with Crippen molar-refractivity contribution in [1.82, 2.24) is 10.2 Å². The Labute approximate surface area is 125 Å². The molecule has 0 aromatic carbocycles. The highest BCUT2D eigenvalue weighted by atomic mass is 16.5. The topological polar surface area (TPSA) is 24.5 Å². The molecule has 0 bridgehead atoms. The van der Waals surface area contributed by atoms with E-state index in [1.807, 2.05) is 0 Å². The molecular weight excluding hydrogens is 248 g/mol. The fourth-order valence-electron chi connectivity index (χ4n) is 3.37. The molecule has 2 fully saturated rings. The van der Waals surface area contributed by atoms with Crippen LogP contribution in [0.3, 0.4) is 0 Å². The third-order valence-electron chi connectivity index (χ3n) is 5.06. The normalized spacial score (nSPS) is 34.4. The highest BCUT2D eigenvalue weighted by molar-refractivity contribution is 4.98. The molecule has 3 heteroatoms. The molecule has 2 rings (SSSR count). The Bertz CT molecular complexity index is 343. The van der Waals surface area contributed by atoms with Crippen molar-refractivity contribution in [3.05, 3.63) is 0 Å². The van der Waals surface area contributed by atoms with Gasteiger partial charge in [-0.2, -0.15) is 0 Å². The number of nitrogens with one attached hydrogen (secondary N) is 1. The molecule has 0 radical (unpaired) electrons. The average molecular weight is 282 g/mol. The van der Waals surface area contributed by atoms with Gasteiger partial charge < -0.3 is 10.1 Å². The highest BCUT2D eigenvalue weighted by Gasteiger charge is 2.41. The maximum Gasteiger partial charge on any atom is 0.0710 e.